The molecule has 0 N–H and O–H groups in total. The number of fused-ring (bicyclic) bond motifs is 3. The molecule has 0 aromatic heterocycles. The van der Waals surface area contributed by atoms with Crippen molar-refractivity contribution in [3.63, 3.8) is 0 Å². The van der Waals surface area contributed by atoms with Gasteiger partial charge < -0.3 is 9.64 Å². The molecule has 1 aromatic rings. The van der Waals surface area contributed by atoms with E-state index in [4.69, 9.17) is 12.6 Å². The van der Waals surface area contributed by atoms with Gasteiger partial charge in [-0.25, -0.2) is 0 Å². The van der Waals surface area contributed by atoms with Gasteiger partial charge in [0.1, 0.15) is 7.85 Å². The Bertz CT molecular complexity index is 461. The molecule has 1 aromatic carbocycles. The molecule has 2 radical (unpaired) electrons. The van der Waals surface area contributed by atoms with Crippen LogP contribution in [0.15, 0.2) is 18.2 Å². The molecule has 86 valence electrons. The third-order valence-corrected chi connectivity index (χ3v) is 3.57. The van der Waals surface area contributed by atoms with Crippen LogP contribution in [-0.2, 0) is 4.74 Å². The maximum Gasteiger partial charge on any atom is 0.167 e. The summed E-state index contributed by atoms with van der Waals surface area (Å²) in [7, 11) is 5.82. The molecule has 0 spiro atoms. The van der Waals surface area contributed by atoms with Gasteiger partial charge in [0, 0.05) is 36.9 Å². The fourth-order valence-corrected chi connectivity index (χ4v) is 2.70. The van der Waals surface area contributed by atoms with E-state index in [0.29, 0.717) is 11.9 Å². The molecule has 1 unspecified atom stereocenters. The van der Waals surface area contributed by atoms with Gasteiger partial charge in [0.05, 0.1) is 6.61 Å². The number of rotatable bonds is 0. The molecule has 1 fully saturated rings. The molecule has 2 aliphatic heterocycles. The first-order valence-corrected chi connectivity index (χ1v) is 6.03. The summed E-state index contributed by atoms with van der Waals surface area (Å²) in [4.78, 5) is 14.3. The number of hydrogen-bond acceptors (Lipinski definition) is 3. The molecule has 0 amide bonds. The zero-order valence-electron chi connectivity index (χ0n) is 9.69. The first kappa shape index (κ1) is 10.8. The van der Waals surface area contributed by atoms with Crippen LogP contribution in [0.4, 0.5) is 5.69 Å². The van der Waals surface area contributed by atoms with Crippen LogP contribution in [0.25, 0.3) is 0 Å². The highest BCUT2D eigenvalue weighted by Gasteiger charge is 2.31. The van der Waals surface area contributed by atoms with Crippen LogP contribution < -0.4 is 10.4 Å². The van der Waals surface area contributed by atoms with E-state index in [1.54, 1.807) is 6.07 Å². The van der Waals surface area contributed by atoms with Crippen molar-refractivity contribution in [2.75, 3.05) is 24.7 Å². The third-order valence-electron chi connectivity index (χ3n) is 3.57. The lowest BCUT2D eigenvalue weighted by molar-refractivity contribution is 0.0963. The molecule has 1 saturated heterocycles. The maximum absolute atomic E-state index is 12.1. The van der Waals surface area contributed by atoms with Crippen LogP contribution in [0.2, 0.25) is 0 Å². The van der Waals surface area contributed by atoms with E-state index in [9.17, 15) is 4.79 Å². The van der Waals surface area contributed by atoms with Gasteiger partial charge >= 0.3 is 0 Å². The van der Waals surface area contributed by atoms with E-state index in [2.05, 4.69) is 4.90 Å². The summed E-state index contributed by atoms with van der Waals surface area (Å²) >= 11 is 0. The molecule has 17 heavy (non-hydrogen) atoms. The van der Waals surface area contributed by atoms with Gasteiger partial charge in [-0.1, -0.05) is 11.5 Å². The Hall–Kier alpha value is -1.29. The Morgan fingerprint density at radius 2 is 2.24 bits per heavy atom. The first-order chi connectivity index (χ1) is 8.25. The molecular formula is C13H14BNO2. The number of hydrogen-bond donors (Lipinski definition) is 0. The van der Waals surface area contributed by atoms with Crippen LogP contribution in [0.3, 0.4) is 0 Å². The van der Waals surface area contributed by atoms with Crippen LogP contribution in [-0.4, -0.2) is 39.4 Å². The molecule has 1 atom stereocenters. The zero-order valence-corrected chi connectivity index (χ0v) is 9.69. The molecule has 0 saturated carbocycles. The molecule has 2 heterocycles. The van der Waals surface area contributed by atoms with Gasteiger partial charge in [-0.2, -0.15) is 0 Å². The Labute approximate surface area is 102 Å². The molecular weight excluding hydrogens is 213 g/mol. The summed E-state index contributed by atoms with van der Waals surface area (Å²) in [6.07, 6.45) is 1.51. The van der Waals surface area contributed by atoms with E-state index < -0.39 is 0 Å². The van der Waals surface area contributed by atoms with Crippen molar-refractivity contribution < 1.29 is 9.53 Å². The standard InChI is InChI=1S/C13H14BNO2/c14-9-1-2-11-12(7-9)15-4-6-17-5-3-10(15)8-13(11)16/h1-2,7,10H,3-6,8H2. The Morgan fingerprint density at radius 1 is 1.35 bits per heavy atom. The SMILES string of the molecule is [B]c1ccc2c(c1)N1CCOCCC1CC2=O. The van der Waals surface area contributed by atoms with Gasteiger partial charge in [0.15, 0.2) is 5.78 Å². The van der Waals surface area contributed by atoms with Crippen LogP contribution in [0, 0.1) is 0 Å². The van der Waals surface area contributed by atoms with Crippen LogP contribution >= 0.6 is 0 Å². The quantitative estimate of drug-likeness (QED) is 0.610. The lowest BCUT2D eigenvalue weighted by Crippen LogP contribution is -2.42. The van der Waals surface area contributed by atoms with E-state index >= 15 is 0 Å². The highest BCUT2D eigenvalue weighted by molar-refractivity contribution is 6.33. The Balaban J connectivity index is 2.06. The minimum atomic E-state index is 0.225. The van der Waals surface area contributed by atoms with Crippen molar-refractivity contribution in [2.24, 2.45) is 0 Å². The van der Waals surface area contributed by atoms with Gasteiger partial charge in [0.25, 0.3) is 0 Å². The number of nitrogens with zero attached hydrogens (tertiary/aromatic N) is 1. The molecule has 3 rings (SSSR count). The van der Waals surface area contributed by atoms with Gasteiger partial charge in [0.2, 0.25) is 0 Å². The molecule has 3 nitrogen and oxygen atoms in total. The topological polar surface area (TPSA) is 29.5 Å². The molecule has 0 aliphatic carbocycles. The minimum absolute atomic E-state index is 0.225. The van der Waals surface area contributed by atoms with Crippen molar-refractivity contribution in [1.29, 1.82) is 0 Å². The minimum Gasteiger partial charge on any atom is -0.380 e. The lowest BCUT2D eigenvalue weighted by Gasteiger charge is -2.36. The van der Waals surface area contributed by atoms with Crippen molar-refractivity contribution >= 4 is 24.8 Å². The van der Waals surface area contributed by atoms with E-state index in [-0.39, 0.29) is 11.8 Å². The zero-order chi connectivity index (χ0) is 11.8. The number of benzene rings is 1. The summed E-state index contributed by atoms with van der Waals surface area (Å²) in [6, 6.07) is 5.82. The summed E-state index contributed by atoms with van der Waals surface area (Å²) in [5, 5.41) is 0. The molecule has 4 heteroatoms. The van der Waals surface area contributed by atoms with Crippen molar-refractivity contribution in [1.82, 2.24) is 0 Å². The Kier molecular flexibility index (Phi) is 2.67. The second-order valence-electron chi connectivity index (χ2n) is 4.65. The summed E-state index contributed by atoms with van der Waals surface area (Å²) in [5.41, 5.74) is 2.50. The summed E-state index contributed by atoms with van der Waals surface area (Å²) < 4.78 is 5.48. The van der Waals surface area contributed by atoms with Crippen LogP contribution in [0.5, 0.6) is 0 Å². The number of Topliss-reactive ketones (excluding diaryl/α,β-unsaturated/α-hetero) is 1. The average Bonchev–Trinajstić information content (AvgIpc) is 2.54. The summed E-state index contributed by atoms with van der Waals surface area (Å²) in [5.74, 6) is 0.225. The average molecular weight is 227 g/mol. The van der Waals surface area contributed by atoms with E-state index in [0.717, 1.165) is 37.4 Å². The number of anilines is 1. The fraction of sp³-hybridized carbons (Fsp3) is 0.462. The van der Waals surface area contributed by atoms with Crippen molar-refractivity contribution in [3.05, 3.63) is 23.8 Å². The lowest BCUT2D eigenvalue weighted by atomic mass is 9.88. The Morgan fingerprint density at radius 3 is 3.12 bits per heavy atom. The van der Waals surface area contributed by atoms with Gasteiger partial charge in [-0.05, 0) is 18.6 Å². The van der Waals surface area contributed by atoms with Crippen molar-refractivity contribution in [3.8, 4) is 0 Å². The first-order valence-electron chi connectivity index (χ1n) is 6.03. The van der Waals surface area contributed by atoms with Crippen LogP contribution in [0.1, 0.15) is 23.2 Å². The van der Waals surface area contributed by atoms with Crippen molar-refractivity contribution in [2.45, 2.75) is 18.9 Å². The fourth-order valence-electron chi connectivity index (χ4n) is 2.70. The highest BCUT2D eigenvalue weighted by atomic mass is 16.5. The predicted molar refractivity (Wildman–Crippen MR) is 67.3 cm³/mol. The molecule has 0 bridgehead atoms. The third kappa shape index (κ3) is 1.87. The smallest absolute Gasteiger partial charge is 0.167 e. The normalized spacial score (nSPS) is 23.9. The second-order valence-corrected chi connectivity index (χ2v) is 4.65. The monoisotopic (exact) mass is 227 g/mol. The maximum atomic E-state index is 12.1. The predicted octanol–water partition coefficient (Wildman–Crippen LogP) is 0.662. The highest BCUT2D eigenvalue weighted by Crippen LogP contribution is 2.31. The largest absolute Gasteiger partial charge is 0.380 e. The van der Waals surface area contributed by atoms with Gasteiger partial charge in [-0.15, -0.1) is 0 Å². The second kappa shape index (κ2) is 4.19. The number of ketones is 1. The van der Waals surface area contributed by atoms with Gasteiger partial charge in [-0.3, -0.25) is 4.79 Å². The molecule has 2 aliphatic rings. The van der Waals surface area contributed by atoms with E-state index in [1.165, 1.54) is 0 Å². The summed E-state index contributed by atoms with van der Waals surface area (Å²) in [6.45, 7) is 2.30. The van der Waals surface area contributed by atoms with E-state index in [1.807, 2.05) is 12.1 Å². The number of ether oxygens (including phenoxy) is 1. The number of carbonyl (C=O) groups is 1. The number of carbonyl (C=O) groups excluding carboxylic acids is 1.